The number of likely N-dealkylation sites (N-methyl/N-ethyl adjacent to an activating group) is 1. The Hall–Kier alpha value is -1.86. The Morgan fingerprint density at radius 2 is 2.12 bits per heavy atom. The van der Waals surface area contributed by atoms with E-state index < -0.39 is 12.0 Å². The van der Waals surface area contributed by atoms with Crippen molar-refractivity contribution in [3.63, 3.8) is 0 Å². The molecule has 0 aliphatic rings. The first-order valence-electron chi connectivity index (χ1n) is 5.42. The van der Waals surface area contributed by atoms with Crippen molar-refractivity contribution in [3.05, 3.63) is 35.4 Å². The zero-order valence-electron chi connectivity index (χ0n) is 10.2. The van der Waals surface area contributed by atoms with Crippen LogP contribution >= 0.6 is 0 Å². The fraction of sp³-hybridized carbons (Fsp3) is 0.385. The molecular formula is C13H16N2O2. The lowest BCUT2D eigenvalue weighted by molar-refractivity contribution is -0.142. The summed E-state index contributed by atoms with van der Waals surface area (Å²) < 4.78 is 0. The van der Waals surface area contributed by atoms with Crippen LogP contribution in [0.25, 0.3) is 0 Å². The summed E-state index contributed by atoms with van der Waals surface area (Å²) in [5.74, 6) is -0.851. The molecule has 0 spiro atoms. The Morgan fingerprint density at radius 1 is 1.47 bits per heavy atom. The van der Waals surface area contributed by atoms with Crippen LogP contribution in [0.15, 0.2) is 24.3 Å². The van der Waals surface area contributed by atoms with Gasteiger partial charge in [0.1, 0.15) is 6.04 Å². The van der Waals surface area contributed by atoms with E-state index in [1.54, 1.807) is 31.0 Å². The molecule has 2 atom stereocenters. The first kappa shape index (κ1) is 13.2. The first-order valence-corrected chi connectivity index (χ1v) is 5.42. The average molecular weight is 232 g/mol. The summed E-state index contributed by atoms with van der Waals surface area (Å²) in [6, 6.07) is 8.70. The lowest BCUT2D eigenvalue weighted by Gasteiger charge is -2.28. The number of rotatable bonds is 4. The Balaban J connectivity index is 2.92. The summed E-state index contributed by atoms with van der Waals surface area (Å²) >= 11 is 0. The van der Waals surface area contributed by atoms with Crippen molar-refractivity contribution in [2.45, 2.75) is 25.9 Å². The minimum atomic E-state index is -0.851. The summed E-state index contributed by atoms with van der Waals surface area (Å²) in [6.07, 6.45) is 0. The van der Waals surface area contributed by atoms with Crippen molar-refractivity contribution >= 4 is 5.97 Å². The molecule has 0 bridgehead atoms. The van der Waals surface area contributed by atoms with Gasteiger partial charge >= 0.3 is 5.97 Å². The SMILES string of the molecule is CC(C(=O)O)N(C)C(C)c1cccc(C#N)c1. The van der Waals surface area contributed by atoms with Crippen molar-refractivity contribution in [1.82, 2.24) is 4.90 Å². The predicted octanol–water partition coefficient (Wildman–Crippen LogP) is 2.02. The summed E-state index contributed by atoms with van der Waals surface area (Å²) in [6.45, 7) is 3.57. The molecule has 0 fully saturated rings. The number of nitriles is 1. The number of carboxylic acid groups (broad SMARTS) is 1. The fourth-order valence-electron chi connectivity index (χ4n) is 1.61. The summed E-state index contributed by atoms with van der Waals surface area (Å²) in [4.78, 5) is 12.7. The zero-order valence-corrected chi connectivity index (χ0v) is 10.2. The van der Waals surface area contributed by atoms with Gasteiger partial charge in [0.05, 0.1) is 11.6 Å². The van der Waals surface area contributed by atoms with Crippen LogP contribution in [0.4, 0.5) is 0 Å². The molecule has 4 heteroatoms. The highest BCUT2D eigenvalue weighted by Gasteiger charge is 2.22. The first-order chi connectivity index (χ1) is 7.97. The van der Waals surface area contributed by atoms with Gasteiger partial charge < -0.3 is 5.11 Å². The number of benzene rings is 1. The Bertz CT molecular complexity index is 451. The maximum Gasteiger partial charge on any atom is 0.320 e. The van der Waals surface area contributed by atoms with Crippen molar-refractivity contribution in [2.75, 3.05) is 7.05 Å². The van der Waals surface area contributed by atoms with Crippen molar-refractivity contribution in [1.29, 1.82) is 5.26 Å². The molecule has 1 N–H and O–H groups in total. The van der Waals surface area contributed by atoms with Gasteiger partial charge in [-0.05, 0) is 38.6 Å². The Labute approximate surface area is 101 Å². The number of nitrogens with zero attached hydrogens (tertiary/aromatic N) is 2. The fourth-order valence-corrected chi connectivity index (χ4v) is 1.61. The van der Waals surface area contributed by atoms with E-state index in [2.05, 4.69) is 6.07 Å². The lowest BCUT2D eigenvalue weighted by Crippen LogP contribution is -2.37. The minimum absolute atomic E-state index is 0.0469. The van der Waals surface area contributed by atoms with Gasteiger partial charge in [0, 0.05) is 6.04 Å². The highest BCUT2D eigenvalue weighted by atomic mass is 16.4. The van der Waals surface area contributed by atoms with Gasteiger partial charge in [-0.25, -0.2) is 0 Å². The van der Waals surface area contributed by atoms with E-state index in [9.17, 15) is 4.79 Å². The monoisotopic (exact) mass is 232 g/mol. The van der Waals surface area contributed by atoms with E-state index in [0.717, 1.165) is 5.56 Å². The van der Waals surface area contributed by atoms with Gasteiger partial charge in [-0.15, -0.1) is 0 Å². The van der Waals surface area contributed by atoms with Crippen LogP contribution in [0.2, 0.25) is 0 Å². The van der Waals surface area contributed by atoms with Crippen LogP contribution in [0.3, 0.4) is 0 Å². The number of hydrogen-bond donors (Lipinski definition) is 1. The highest BCUT2D eigenvalue weighted by molar-refractivity contribution is 5.72. The zero-order chi connectivity index (χ0) is 13.0. The number of aliphatic carboxylic acids is 1. The summed E-state index contributed by atoms with van der Waals surface area (Å²) in [7, 11) is 1.77. The summed E-state index contributed by atoms with van der Waals surface area (Å²) in [5, 5.41) is 17.8. The molecule has 1 aromatic carbocycles. The lowest BCUT2D eigenvalue weighted by atomic mass is 10.0. The van der Waals surface area contributed by atoms with Crippen LogP contribution in [-0.4, -0.2) is 29.1 Å². The predicted molar refractivity (Wildman–Crippen MR) is 64.4 cm³/mol. The molecule has 90 valence electrons. The van der Waals surface area contributed by atoms with Crippen molar-refractivity contribution in [2.24, 2.45) is 0 Å². The van der Waals surface area contributed by atoms with Crippen LogP contribution in [0.5, 0.6) is 0 Å². The van der Waals surface area contributed by atoms with Crippen LogP contribution in [0, 0.1) is 11.3 Å². The second-order valence-corrected chi connectivity index (χ2v) is 4.09. The van der Waals surface area contributed by atoms with E-state index in [1.807, 2.05) is 19.1 Å². The van der Waals surface area contributed by atoms with Gasteiger partial charge in [0.25, 0.3) is 0 Å². The number of carbonyl (C=O) groups is 1. The van der Waals surface area contributed by atoms with E-state index in [1.165, 1.54) is 0 Å². The topological polar surface area (TPSA) is 64.3 Å². The maximum absolute atomic E-state index is 10.9. The number of carboxylic acids is 1. The van der Waals surface area contributed by atoms with E-state index in [4.69, 9.17) is 10.4 Å². The smallest absolute Gasteiger partial charge is 0.320 e. The molecule has 0 radical (unpaired) electrons. The molecule has 2 unspecified atom stereocenters. The third-order valence-electron chi connectivity index (χ3n) is 3.08. The molecule has 1 rings (SSSR count). The Kier molecular flexibility index (Phi) is 4.24. The Morgan fingerprint density at radius 3 is 2.65 bits per heavy atom. The van der Waals surface area contributed by atoms with Crippen LogP contribution < -0.4 is 0 Å². The second-order valence-electron chi connectivity index (χ2n) is 4.09. The molecule has 0 aliphatic heterocycles. The van der Waals surface area contributed by atoms with Gasteiger partial charge in [-0.1, -0.05) is 12.1 Å². The van der Waals surface area contributed by atoms with Crippen LogP contribution in [-0.2, 0) is 4.79 Å². The van der Waals surface area contributed by atoms with E-state index >= 15 is 0 Å². The second kappa shape index (κ2) is 5.46. The third kappa shape index (κ3) is 3.05. The number of hydrogen-bond acceptors (Lipinski definition) is 3. The van der Waals surface area contributed by atoms with E-state index in [-0.39, 0.29) is 6.04 Å². The standard InChI is InChI=1S/C13H16N2O2/c1-9(15(3)10(2)13(16)17)12-6-4-5-11(7-12)8-14/h4-7,9-10H,1-3H3,(H,16,17). The molecule has 0 aromatic heterocycles. The molecule has 0 aliphatic carbocycles. The molecule has 1 aromatic rings. The molecule has 0 saturated carbocycles. The highest BCUT2D eigenvalue weighted by Crippen LogP contribution is 2.21. The van der Waals surface area contributed by atoms with Gasteiger partial charge in [-0.2, -0.15) is 5.26 Å². The minimum Gasteiger partial charge on any atom is -0.480 e. The van der Waals surface area contributed by atoms with Crippen molar-refractivity contribution in [3.8, 4) is 6.07 Å². The van der Waals surface area contributed by atoms with Gasteiger partial charge in [0.15, 0.2) is 0 Å². The molecule has 0 saturated heterocycles. The van der Waals surface area contributed by atoms with Gasteiger partial charge in [-0.3, -0.25) is 9.69 Å². The molecule has 0 amide bonds. The normalized spacial score (nSPS) is 14.1. The third-order valence-corrected chi connectivity index (χ3v) is 3.08. The van der Waals surface area contributed by atoms with E-state index in [0.29, 0.717) is 5.56 Å². The maximum atomic E-state index is 10.9. The molecule has 0 heterocycles. The largest absolute Gasteiger partial charge is 0.480 e. The van der Waals surface area contributed by atoms with Crippen LogP contribution in [0.1, 0.15) is 31.0 Å². The van der Waals surface area contributed by atoms with Crippen molar-refractivity contribution < 1.29 is 9.90 Å². The molecule has 17 heavy (non-hydrogen) atoms. The molecule has 4 nitrogen and oxygen atoms in total. The quantitative estimate of drug-likeness (QED) is 0.862. The summed E-state index contributed by atoms with van der Waals surface area (Å²) in [5.41, 5.74) is 1.53. The average Bonchev–Trinajstić information content (AvgIpc) is 2.36. The molecular weight excluding hydrogens is 216 g/mol. The van der Waals surface area contributed by atoms with Gasteiger partial charge in [0.2, 0.25) is 0 Å².